The first kappa shape index (κ1) is 17.7. The molecule has 0 spiro atoms. The highest BCUT2D eigenvalue weighted by Crippen LogP contribution is 2.34. The largest absolute Gasteiger partial charge is 0.395 e. The Morgan fingerprint density at radius 2 is 2.04 bits per heavy atom. The number of β-amino-alcohol motifs (C(OH)–C–C–N with tert-alkyl or cyclic N) is 1. The van der Waals surface area contributed by atoms with Gasteiger partial charge in [-0.1, -0.05) is 23.9 Å². The summed E-state index contributed by atoms with van der Waals surface area (Å²) in [5, 5.41) is 21.7. The molecule has 0 unspecified atom stereocenters. The normalized spacial score (nSPS) is 13.5. The molecule has 0 saturated heterocycles. The lowest BCUT2D eigenvalue weighted by molar-refractivity contribution is -0.137. The molecule has 7 nitrogen and oxygen atoms in total. The molecule has 2 aromatic rings. The van der Waals surface area contributed by atoms with Crippen LogP contribution in [0.5, 0.6) is 0 Å². The van der Waals surface area contributed by atoms with Gasteiger partial charge in [0.1, 0.15) is 16.8 Å². The number of rotatable bonds is 6. The Bertz CT molecular complexity index is 936. The summed E-state index contributed by atoms with van der Waals surface area (Å²) >= 11 is 1.29. The quantitative estimate of drug-likeness (QED) is 0.750. The molecule has 2 amide bonds. The van der Waals surface area contributed by atoms with E-state index in [4.69, 9.17) is 5.11 Å². The minimum absolute atomic E-state index is 0.0464. The fraction of sp³-hybridized carbons (Fsp3) is 0.111. The van der Waals surface area contributed by atoms with Crippen LogP contribution in [0.3, 0.4) is 0 Å². The maximum Gasteiger partial charge on any atom is 0.277 e. The molecule has 0 bridgehead atoms. The molecule has 0 atom stereocenters. The number of aliphatic hydroxyl groups is 1. The van der Waals surface area contributed by atoms with Crippen LogP contribution in [0.4, 0.5) is 5.69 Å². The summed E-state index contributed by atoms with van der Waals surface area (Å²) in [5.74, 6) is -0.951. The number of nitriles is 1. The molecule has 0 saturated carbocycles. The van der Waals surface area contributed by atoms with Crippen molar-refractivity contribution in [2.24, 2.45) is 0 Å². The molecule has 26 heavy (non-hydrogen) atoms. The number of aromatic nitrogens is 1. The number of imide groups is 1. The summed E-state index contributed by atoms with van der Waals surface area (Å²) in [6.07, 6.45) is 2.81. The van der Waals surface area contributed by atoms with E-state index in [0.717, 1.165) is 9.80 Å². The Morgan fingerprint density at radius 3 is 2.81 bits per heavy atom. The van der Waals surface area contributed by atoms with E-state index in [2.05, 4.69) is 16.4 Å². The van der Waals surface area contributed by atoms with E-state index in [1.54, 1.807) is 30.5 Å². The number of pyridine rings is 1. The second-order valence-corrected chi connectivity index (χ2v) is 6.30. The third-order valence-corrected chi connectivity index (χ3v) is 4.68. The topological polar surface area (TPSA) is 106 Å². The fourth-order valence-corrected chi connectivity index (χ4v) is 3.30. The van der Waals surface area contributed by atoms with Gasteiger partial charge in [0.15, 0.2) is 0 Å². The number of para-hydroxylation sites is 1. The Hall–Kier alpha value is -3.15. The van der Waals surface area contributed by atoms with Crippen LogP contribution in [-0.2, 0) is 9.59 Å². The standard InChI is InChI=1S/C18H14N4O3S/c19-11-12-4-3-7-20-17(12)26-15-6-2-1-5-13(15)21-14-10-16(24)22(8-9-23)18(14)25/h1-7,10,21,23H,8-9H2. The highest BCUT2D eigenvalue weighted by atomic mass is 32.2. The first-order valence-electron chi connectivity index (χ1n) is 7.71. The van der Waals surface area contributed by atoms with Crippen LogP contribution in [0.15, 0.2) is 64.3 Å². The molecule has 0 aliphatic carbocycles. The number of amides is 2. The van der Waals surface area contributed by atoms with Crippen molar-refractivity contribution in [2.45, 2.75) is 9.92 Å². The molecule has 0 radical (unpaired) electrons. The molecule has 3 rings (SSSR count). The maximum absolute atomic E-state index is 12.3. The third kappa shape index (κ3) is 3.59. The molecular weight excluding hydrogens is 352 g/mol. The predicted molar refractivity (Wildman–Crippen MR) is 95.0 cm³/mol. The fourth-order valence-electron chi connectivity index (χ4n) is 2.38. The van der Waals surface area contributed by atoms with E-state index in [1.165, 1.54) is 17.8 Å². The molecule has 8 heteroatoms. The van der Waals surface area contributed by atoms with Gasteiger partial charge < -0.3 is 10.4 Å². The molecule has 1 aliphatic heterocycles. The number of nitrogens with one attached hydrogen (secondary N) is 1. The third-order valence-electron chi connectivity index (χ3n) is 3.59. The van der Waals surface area contributed by atoms with Crippen LogP contribution in [-0.4, -0.2) is 40.0 Å². The number of anilines is 1. The number of hydrogen-bond acceptors (Lipinski definition) is 7. The van der Waals surface area contributed by atoms with Gasteiger partial charge in [-0.25, -0.2) is 4.98 Å². The lowest BCUT2D eigenvalue weighted by Crippen LogP contribution is -2.34. The van der Waals surface area contributed by atoms with Crippen molar-refractivity contribution in [3.63, 3.8) is 0 Å². The first-order valence-corrected chi connectivity index (χ1v) is 8.53. The monoisotopic (exact) mass is 366 g/mol. The number of benzene rings is 1. The first-order chi connectivity index (χ1) is 12.6. The molecule has 1 aliphatic rings. The zero-order valence-electron chi connectivity index (χ0n) is 13.5. The number of hydrogen-bond donors (Lipinski definition) is 2. The van der Waals surface area contributed by atoms with Crippen LogP contribution in [0.1, 0.15) is 5.56 Å². The smallest absolute Gasteiger partial charge is 0.277 e. The Kier molecular flexibility index (Phi) is 5.31. The summed E-state index contributed by atoms with van der Waals surface area (Å²) in [7, 11) is 0. The summed E-state index contributed by atoms with van der Waals surface area (Å²) in [5.41, 5.74) is 1.20. The number of nitrogens with zero attached hydrogens (tertiary/aromatic N) is 3. The van der Waals surface area contributed by atoms with Crippen molar-refractivity contribution in [1.29, 1.82) is 5.26 Å². The summed E-state index contributed by atoms with van der Waals surface area (Å²) in [4.78, 5) is 30.1. The summed E-state index contributed by atoms with van der Waals surface area (Å²) in [6, 6.07) is 12.7. The Morgan fingerprint density at radius 1 is 1.23 bits per heavy atom. The Balaban J connectivity index is 1.85. The van der Waals surface area contributed by atoms with E-state index < -0.39 is 11.8 Å². The lowest BCUT2D eigenvalue weighted by Gasteiger charge is -2.15. The van der Waals surface area contributed by atoms with E-state index in [9.17, 15) is 14.9 Å². The van der Waals surface area contributed by atoms with Crippen LogP contribution in [0.25, 0.3) is 0 Å². The van der Waals surface area contributed by atoms with Gasteiger partial charge in [-0.05, 0) is 24.3 Å². The van der Waals surface area contributed by atoms with Gasteiger partial charge in [-0.15, -0.1) is 0 Å². The number of carbonyl (C=O) groups excluding carboxylic acids is 2. The van der Waals surface area contributed by atoms with Gasteiger partial charge in [-0.2, -0.15) is 5.26 Å². The van der Waals surface area contributed by atoms with E-state index >= 15 is 0 Å². The van der Waals surface area contributed by atoms with E-state index in [1.807, 2.05) is 12.1 Å². The van der Waals surface area contributed by atoms with Gasteiger partial charge in [-0.3, -0.25) is 14.5 Å². The lowest BCUT2D eigenvalue weighted by atomic mass is 10.3. The van der Waals surface area contributed by atoms with Crippen molar-refractivity contribution in [2.75, 3.05) is 18.5 Å². The number of carbonyl (C=O) groups is 2. The maximum atomic E-state index is 12.3. The van der Waals surface area contributed by atoms with Gasteiger partial charge in [0, 0.05) is 17.2 Å². The minimum Gasteiger partial charge on any atom is -0.395 e. The van der Waals surface area contributed by atoms with Crippen molar-refractivity contribution in [3.8, 4) is 6.07 Å². The second-order valence-electron chi connectivity index (χ2n) is 5.27. The molecule has 130 valence electrons. The van der Waals surface area contributed by atoms with E-state index in [-0.39, 0.29) is 18.8 Å². The second kappa shape index (κ2) is 7.82. The average molecular weight is 366 g/mol. The van der Waals surface area contributed by atoms with Crippen molar-refractivity contribution in [1.82, 2.24) is 9.88 Å². The van der Waals surface area contributed by atoms with Crippen molar-refractivity contribution in [3.05, 3.63) is 59.9 Å². The van der Waals surface area contributed by atoms with Crippen LogP contribution >= 0.6 is 11.8 Å². The highest BCUT2D eigenvalue weighted by Gasteiger charge is 2.30. The SMILES string of the molecule is N#Cc1cccnc1Sc1ccccc1NC1=CC(=O)N(CCO)C1=O. The van der Waals surface area contributed by atoms with Crippen LogP contribution in [0.2, 0.25) is 0 Å². The zero-order chi connectivity index (χ0) is 18.5. The minimum atomic E-state index is -0.487. The average Bonchev–Trinajstić information content (AvgIpc) is 2.91. The highest BCUT2D eigenvalue weighted by molar-refractivity contribution is 7.99. The van der Waals surface area contributed by atoms with Gasteiger partial charge in [0.05, 0.1) is 24.4 Å². The van der Waals surface area contributed by atoms with Crippen LogP contribution in [0, 0.1) is 11.3 Å². The number of aliphatic hydroxyl groups excluding tert-OH is 1. The molecule has 1 aromatic carbocycles. The molecule has 0 fully saturated rings. The molecule has 1 aromatic heterocycles. The molecule has 2 heterocycles. The Labute approximate surface area is 154 Å². The zero-order valence-corrected chi connectivity index (χ0v) is 14.4. The van der Waals surface area contributed by atoms with E-state index in [0.29, 0.717) is 16.3 Å². The van der Waals surface area contributed by atoms with Gasteiger partial charge >= 0.3 is 0 Å². The predicted octanol–water partition coefficient (Wildman–Crippen LogP) is 1.76. The molecular formula is C18H14N4O3S. The van der Waals surface area contributed by atoms with Crippen molar-refractivity contribution >= 4 is 29.3 Å². The van der Waals surface area contributed by atoms with Gasteiger partial charge in [0.2, 0.25) is 0 Å². The van der Waals surface area contributed by atoms with Crippen LogP contribution < -0.4 is 5.32 Å². The summed E-state index contributed by atoms with van der Waals surface area (Å²) < 4.78 is 0. The summed E-state index contributed by atoms with van der Waals surface area (Å²) in [6.45, 7) is -0.336. The van der Waals surface area contributed by atoms with Gasteiger partial charge in [0.25, 0.3) is 11.8 Å². The molecule has 2 N–H and O–H groups in total. The van der Waals surface area contributed by atoms with Crippen molar-refractivity contribution < 1.29 is 14.7 Å².